The number of alkyl halides is 3. The van der Waals surface area contributed by atoms with Gasteiger partial charge in [-0.05, 0) is 11.6 Å². The fourth-order valence-corrected chi connectivity index (χ4v) is 2.02. The van der Waals surface area contributed by atoms with Crippen molar-refractivity contribution in [2.24, 2.45) is 0 Å². The van der Waals surface area contributed by atoms with E-state index in [4.69, 9.17) is 0 Å². The number of pyridine rings is 1. The van der Waals surface area contributed by atoms with Gasteiger partial charge in [-0.3, -0.25) is 4.98 Å². The molecule has 0 aliphatic heterocycles. The fraction of sp³-hybridized carbons (Fsp3) is 0.250. The molecule has 1 nitrogen and oxygen atoms in total. The number of hydrogen-bond donors (Lipinski definition) is 0. The third-order valence-corrected chi connectivity index (χ3v) is 3.26. The number of hydrogen-bond acceptors (Lipinski definition) is 2. The Morgan fingerprint density at radius 3 is 2.47 bits per heavy atom. The molecule has 5 heteroatoms. The van der Waals surface area contributed by atoms with Crippen LogP contribution >= 0.6 is 11.8 Å². The van der Waals surface area contributed by atoms with Crippen molar-refractivity contribution < 1.29 is 13.2 Å². The summed E-state index contributed by atoms with van der Waals surface area (Å²) in [6, 6.07) is 2.42. The molecule has 0 spiro atoms. The van der Waals surface area contributed by atoms with Gasteiger partial charge in [0.1, 0.15) is 5.69 Å². The normalized spacial score (nSPS) is 13.1. The van der Waals surface area contributed by atoms with Gasteiger partial charge < -0.3 is 0 Å². The molecule has 0 aliphatic carbocycles. The van der Waals surface area contributed by atoms with Crippen LogP contribution in [0.2, 0.25) is 0 Å². The van der Waals surface area contributed by atoms with Gasteiger partial charge in [-0.2, -0.15) is 13.2 Å². The Balaban J connectivity index is 2.85. The predicted molar refractivity (Wildman–Crippen MR) is 64.8 cm³/mol. The first-order valence-corrected chi connectivity index (χ1v) is 5.92. The van der Waals surface area contributed by atoms with E-state index in [1.54, 1.807) is 12.2 Å². The minimum absolute atomic E-state index is 0.0669. The van der Waals surface area contributed by atoms with Crippen molar-refractivity contribution in [1.82, 2.24) is 4.98 Å². The second-order valence-electron chi connectivity index (χ2n) is 3.25. The number of rotatable bonds is 5. The van der Waals surface area contributed by atoms with E-state index in [9.17, 15) is 13.2 Å². The topological polar surface area (TPSA) is 12.9 Å². The molecule has 0 aliphatic rings. The Kier molecular flexibility index (Phi) is 4.81. The molecule has 1 heterocycles. The minimum Gasteiger partial charge on any atom is -0.251 e. The maximum Gasteiger partial charge on any atom is 0.433 e. The lowest BCUT2D eigenvalue weighted by Gasteiger charge is -2.12. The molecule has 1 aromatic rings. The van der Waals surface area contributed by atoms with Gasteiger partial charge in [-0.1, -0.05) is 18.2 Å². The Hall–Kier alpha value is -1.23. The summed E-state index contributed by atoms with van der Waals surface area (Å²) < 4.78 is 36.9. The van der Waals surface area contributed by atoms with Crippen LogP contribution in [0.3, 0.4) is 0 Å². The average Bonchev–Trinajstić information content (AvgIpc) is 2.29. The van der Waals surface area contributed by atoms with Gasteiger partial charge in [0, 0.05) is 17.2 Å². The van der Waals surface area contributed by atoms with Crippen molar-refractivity contribution in [2.75, 3.05) is 5.75 Å². The number of thioether (sulfide) groups is 1. The molecule has 1 rings (SSSR count). The van der Waals surface area contributed by atoms with E-state index in [0.717, 1.165) is 6.07 Å². The van der Waals surface area contributed by atoms with Gasteiger partial charge >= 0.3 is 6.18 Å². The molecule has 0 N–H and O–H groups in total. The first-order valence-electron chi connectivity index (χ1n) is 4.87. The van der Waals surface area contributed by atoms with Gasteiger partial charge in [0.15, 0.2) is 0 Å². The van der Waals surface area contributed by atoms with Crippen LogP contribution in [0, 0.1) is 0 Å². The van der Waals surface area contributed by atoms with E-state index in [2.05, 4.69) is 18.1 Å². The Bertz CT molecular complexity index is 384. The van der Waals surface area contributed by atoms with Crippen LogP contribution in [-0.2, 0) is 6.18 Å². The maximum absolute atomic E-state index is 12.3. The monoisotopic (exact) mass is 259 g/mol. The predicted octanol–water partition coefficient (Wildman–Crippen LogP) is 4.25. The molecule has 0 saturated heterocycles. The highest BCUT2D eigenvalue weighted by Gasteiger charge is 2.32. The summed E-state index contributed by atoms with van der Waals surface area (Å²) in [5.41, 5.74) is -0.169. The van der Waals surface area contributed by atoms with E-state index in [1.165, 1.54) is 24.0 Å². The molecular formula is C12H12F3NS. The van der Waals surface area contributed by atoms with Crippen molar-refractivity contribution >= 4 is 11.8 Å². The Labute approximate surface area is 102 Å². The quantitative estimate of drug-likeness (QED) is 0.733. The molecule has 1 aromatic heterocycles. The van der Waals surface area contributed by atoms with E-state index in [-0.39, 0.29) is 5.25 Å². The van der Waals surface area contributed by atoms with Crippen molar-refractivity contribution in [3.05, 3.63) is 54.9 Å². The number of halogens is 3. The molecule has 0 fully saturated rings. The summed E-state index contributed by atoms with van der Waals surface area (Å²) in [6.07, 6.45) is 0.263. The number of nitrogens with zero attached hydrogens (tertiary/aromatic N) is 1. The number of aromatic nitrogens is 1. The summed E-state index contributed by atoms with van der Waals surface area (Å²) in [5.74, 6) is 0.706. The zero-order chi connectivity index (χ0) is 12.9. The molecule has 0 aromatic carbocycles. The third kappa shape index (κ3) is 3.93. The highest BCUT2D eigenvalue weighted by molar-refractivity contribution is 7.99. The van der Waals surface area contributed by atoms with Gasteiger partial charge in [0.2, 0.25) is 0 Å². The second kappa shape index (κ2) is 5.91. The van der Waals surface area contributed by atoms with Crippen molar-refractivity contribution in [3.8, 4) is 0 Å². The minimum atomic E-state index is -4.39. The molecule has 0 saturated carbocycles. The Morgan fingerprint density at radius 2 is 2.06 bits per heavy atom. The maximum atomic E-state index is 12.3. The summed E-state index contributed by atoms with van der Waals surface area (Å²) >= 11 is 1.53. The summed E-state index contributed by atoms with van der Waals surface area (Å²) in [6.45, 7) is 7.24. The van der Waals surface area contributed by atoms with Crippen LogP contribution < -0.4 is 0 Å². The highest BCUT2D eigenvalue weighted by atomic mass is 32.2. The van der Waals surface area contributed by atoms with Crippen molar-refractivity contribution in [3.63, 3.8) is 0 Å². The van der Waals surface area contributed by atoms with Gasteiger partial charge in [-0.25, -0.2) is 0 Å². The SMILES string of the molecule is C=CCSC(C=C)c1ccc(C(F)(F)F)nc1. The zero-order valence-corrected chi connectivity index (χ0v) is 9.89. The fourth-order valence-electron chi connectivity index (χ4n) is 1.21. The summed E-state index contributed by atoms with van der Waals surface area (Å²) in [5, 5.41) is -0.0669. The molecule has 0 bridgehead atoms. The van der Waals surface area contributed by atoms with Crippen LogP contribution in [0.25, 0.3) is 0 Å². The van der Waals surface area contributed by atoms with Crippen molar-refractivity contribution in [2.45, 2.75) is 11.4 Å². The van der Waals surface area contributed by atoms with Crippen LogP contribution in [0.1, 0.15) is 16.5 Å². The van der Waals surface area contributed by atoms with E-state index in [1.807, 2.05) is 0 Å². The molecular weight excluding hydrogens is 247 g/mol. The first kappa shape index (κ1) is 13.8. The summed E-state index contributed by atoms with van der Waals surface area (Å²) in [7, 11) is 0. The van der Waals surface area contributed by atoms with E-state index < -0.39 is 11.9 Å². The van der Waals surface area contributed by atoms with E-state index >= 15 is 0 Å². The lowest BCUT2D eigenvalue weighted by molar-refractivity contribution is -0.141. The average molecular weight is 259 g/mol. The standard InChI is InChI=1S/C12H12F3NS/c1-3-7-17-10(4-2)9-5-6-11(16-8-9)12(13,14)15/h3-6,8,10H,1-2,7H2. The molecule has 1 unspecified atom stereocenters. The molecule has 0 radical (unpaired) electrons. The lowest BCUT2D eigenvalue weighted by Crippen LogP contribution is -2.08. The third-order valence-electron chi connectivity index (χ3n) is 2.01. The molecule has 0 amide bonds. The summed E-state index contributed by atoms with van der Waals surface area (Å²) in [4.78, 5) is 3.41. The van der Waals surface area contributed by atoms with Crippen LogP contribution in [-0.4, -0.2) is 10.7 Å². The van der Waals surface area contributed by atoms with Gasteiger partial charge in [0.25, 0.3) is 0 Å². The van der Waals surface area contributed by atoms with Crippen LogP contribution in [0.4, 0.5) is 13.2 Å². The smallest absolute Gasteiger partial charge is 0.251 e. The second-order valence-corrected chi connectivity index (χ2v) is 4.43. The molecule has 17 heavy (non-hydrogen) atoms. The van der Waals surface area contributed by atoms with Crippen LogP contribution in [0.5, 0.6) is 0 Å². The van der Waals surface area contributed by atoms with Crippen LogP contribution in [0.15, 0.2) is 43.6 Å². The molecule has 1 atom stereocenters. The largest absolute Gasteiger partial charge is 0.433 e. The van der Waals surface area contributed by atoms with E-state index in [0.29, 0.717) is 11.3 Å². The first-order chi connectivity index (χ1) is 7.99. The van der Waals surface area contributed by atoms with Gasteiger partial charge in [0.05, 0.1) is 0 Å². The zero-order valence-electron chi connectivity index (χ0n) is 9.07. The molecule has 92 valence electrons. The highest BCUT2D eigenvalue weighted by Crippen LogP contribution is 2.32. The Morgan fingerprint density at radius 1 is 1.35 bits per heavy atom. The van der Waals surface area contributed by atoms with Gasteiger partial charge in [-0.15, -0.1) is 24.9 Å². The van der Waals surface area contributed by atoms with Crippen molar-refractivity contribution in [1.29, 1.82) is 0 Å². The lowest BCUT2D eigenvalue weighted by atomic mass is 10.2.